The maximum atomic E-state index is 8.88. The number of hydrogen-bond donors (Lipinski definition) is 0. The Morgan fingerprint density at radius 1 is 0.185 bits per heavy atom. The van der Waals surface area contributed by atoms with Crippen LogP contribution in [0.5, 0.6) is 0 Å². The topological polar surface area (TPSA) is 39.4 Å². The predicted molar refractivity (Wildman–Crippen MR) is 535 cm³/mol. The second-order valence-electron chi connectivity index (χ2n) is 32.0. The van der Waals surface area contributed by atoms with Crippen molar-refractivity contribution >= 4 is 236 Å². The van der Waals surface area contributed by atoms with Gasteiger partial charge in [-0.25, -0.2) is 0 Å². The third-order valence-electron chi connectivity index (χ3n) is 25.4. The molecule has 0 spiro atoms. The third kappa shape index (κ3) is 10.8. The maximum Gasteiger partial charge on any atom is 0.145 e. The van der Waals surface area contributed by atoms with Crippen LogP contribution in [0.15, 0.2) is 426 Å². The van der Waals surface area contributed by atoms with Gasteiger partial charge in [0.2, 0.25) is 0 Å². The third-order valence-corrected chi connectivity index (χ3v) is 28.9. The monoisotopic (exact) mass is 1630 g/mol. The summed E-state index contributed by atoms with van der Waals surface area (Å²) in [5.41, 5.74) is 18.4. The quantitative estimate of drug-likeness (QED) is 0.156. The van der Waals surface area contributed by atoms with Crippen molar-refractivity contribution in [3.63, 3.8) is 0 Å². The van der Waals surface area contributed by atoms with Gasteiger partial charge in [0, 0.05) is 98.4 Å². The molecule has 0 aliphatic heterocycles. The van der Waals surface area contributed by atoms with Gasteiger partial charge < -0.3 is 13.3 Å². The highest BCUT2D eigenvalue weighted by Gasteiger charge is 2.29. The highest BCUT2D eigenvalue weighted by Crippen LogP contribution is 2.57. The molecular formula is C118H68O3S3. The second-order valence-corrected chi connectivity index (χ2v) is 35.3. The van der Waals surface area contributed by atoms with E-state index in [4.69, 9.17) is 20.1 Å². The number of furan rings is 3. The first-order valence-corrected chi connectivity index (χ1v) is 44.3. The van der Waals surface area contributed by atoms with E-state index in [0.717, 1.165) is 97.8 Å². The molecule has 28 rings (SSSR count). The molecule has 0 saturated carbocycles. The molecular weight excluding hydrogens is 1560 g/mol. The molecule has 6 heterocycles. The Morgan fingerprint density at radius 2 is 0.532 bits per heavy atom. The molecule has 0 amide bonds. The van der Waals surface area contributed by atoms with Crippen LogP contribution in [0.25, 0.3) is 269 Å². The van der Waals surface area contributed by atoms with Crippen LogP contribution in [0.3, 0.4) is 0 Å². The normalized spacial score (nSPS) is 12.6. The van der Waals surface area contributed by atoms with Crippen molar-refractivity contribution in [3.8, 4) is 66.8 Å². The van der Waals surface area contributed by atoms with Gasteiger partial charge in [-0.1, -0.05) is 352 Å². The van der Waals surface area contributed by atoms with E-state index < -0.39 is 6.04 Å². The summed E-state index contributed by atoms with van der Waals surface area (Å²) >= 11 is 5.48. The molecule has 124 heavy (non-hydrogen) atoms. The predicted octanol–water partition coefficient (Wildman–Crippen LogP) is 35.9. The van der Waals surface area contributed by atoms with Crippen molar-refractivity contribution in [1.82, 2.24) is 0 Å². The van der Waals surface area contributed by atoms with Gasteiger partial charge in [0.15, 0.2) is 0 Å². The lowest BCUT2D eigenvalue weighted by atomic mass is 9.84. The molecule has 0 radical (unpaired) electrons. The van der Waals surface area contributed by atoms with Crippen LogP contribution in [0, 0.1) is 0 Å². The van der Waals surface area contributed by atoms with Gasteiger partial charge in [0.1, 0.15) is 33.5 Å². The molecule has 3 nitrogen and oxygen atoms in total. The molecule has 0 unspecified atom stereocenters. The average molecular weight is 1640 g/mol. The summed E-state index contributed by atoms with van der Waals surface area (Å²) in [4.78, 5) is 0. The lowest BCUT2D eigenvalue weighted by molar-refractivity contribution is 0.669. The number of rotatable bonds is 6. The summed E-state index contributed by atoms with van der Waals surface area (Å²) in [5, 5.41) is 30.1. The fraction of sp³-hybridized carbons (Fsp3) is 0. The smallest absolute Gasteiger partial charge is 0.145 e. The van der Waals surface area contributed by atoms with Gasteiger partial charge in [0.05, 0.1) is 6.85 Å². The van der Waals surface area contributed by atoms with Crippen LogP contribution in [-0.4, -0.2) is 0 Å². The van der Waals surface area contributed by atoms with Crippen molar-refractivity contribution < 1.29 is 20.1 Å². The number of fused-ring (bicyclic) bond motifs is 27. The number of thiophene rings is 3. The highest BCUT2D eigenvalue weighted by molar-refractivity contribution is 7.27. The summed E-state index contributed by atoms with van der Waals surface area (Å²) in [7, 11) is 0. The molecule has 576 valence electrons. The highest BCUT2D eigenvalue weighted by atomic mass is 32.1. The fourth-order valence-electron chi connectivity index (χ4n) is 20.3. The van der Waals surface area contributed by atoms with E-state index in [1.807, 2.05) is 77.3 Å². The van der Waals surface area contributed by atoms with Crippen LogP contribution < -0.4 is 0 Å². The van der Waals surface area contributed by atoms with Crippen molar-refractivity contribution in [1.29, 1.82) is 0 Å². The van der Waals surface area contributed by atoms with Crippen LogP contribution in [-0.2, 0) is 0 Å². The molecule has 0 bridgehead atoms. The van der Waals surface area contributed by atoms with Crippen LogP contribution >= 0.6 is 34.0 Å². The lowest BCUT2D eigenvalue weighted by Gasteiger charge is -2.18. The zero-order chi connectivity index (χ0) is 85.5. The first kappa shape index (κ1) is 65.6. The zero-order valence-electron chi connectivity index (χ0n) is 71.3. The van der Waals surface area contributed by atoms with Gasteiger partial charge in [-0.15, -0.1) is 34.0 Å². The van der Waals surface area contributed by atoms with E-state index in [1.165, 1.54) is 160 Å². The number of hydrogen-bond acceptors (Lipinski definition) is 6. The standard InChI is InChI=1S/C42H24OS.2C38H22OS/c1-2-12-26-23-27(22-21-25(26)11-1)38-28-13-3-5-15-30(28)39(31-16-6-4-14-29(31)38)34-24-37-41(33-18-8-10-20-36(33)44-37)42-40(34)32-17-7-9-19-35(32)43-42;1-2-12-23(13-3-1)34-25-15-4-6-17-27(25)35(28-18-7-5-16-26(28)34)37-36-29-19-8-10-20-31(29)39-32(36)22-30-24-14-9-11-21-33(24)40-38(30)37;1-2-12-23(13-3-1)34-24-14-4-6-16-26(24)35(27-17-7-5-15-25(27)34)30-22-33-37(29-19-9-11-21-32(29)40-33)38-36(30)28-18-8-10-20-31(28)39-38/h1-24H;2*1-22H/i;;1D,2D,3D,12D,13D. The van der Waals surface area contributed by atoms with Crippen LogP contribution in [0.1, 0.15) is 6.85 Å². The molecule has 6 aromatic heterocycles. The van der Waals surface area contributed by atoms with Gasteiger partial charge >= 0.3 is 0 Å². The first-order valence-electron chi connectivity index (χ1n) is 44.3. The minimum atomic E-state index is -0.398. The van der Waals surface area contributed by atoms with Crippen molar-refractivity contribution in [2.75, 3.05) is 0 Å². The summed E-state index contributed by atoms with van der Waals surface area (Å²) in [6.45, 7) is 0. The summed E-state index contributed by atoms with van der Waals surface area (Å²) in [6.07, 6.45) is 0. The SMILES string of the molecule is [2H]c1c([2H])c([2H])c(-c2c3ccccc3c(-c3cc4sc5ccccc5c4c4oc5ccccc5c34)c3ccccc23)c([2H])c1[2H].c1ccc(-c2c3ccccc3c(-c3c4sc5ccccc5c4cc4oc5ccccc5c34)c3ccccc23)cc1.c1ccc2cc(-c3c4ccccc4c(-c4cc5sc6ccccc6c5c5oc6ccccc6c45)c4ccccc34)ccc2c1. The van der Waals surface area contributed by atoms with E-state index in [0.29, 0.717) is 5.56 Å². The minimum absolute atomic E-state index is 0.207. The van der Waals surface area contributed by atoms with E-state index in [9.17, 15) is 0 Å². The Balaban J connectivity index is 0.000000102. The van der Waals surface area contributed by atoms with E-state index in [2.05, 4.69) is 328 Å². The molecule has 0 N–H and O–H groups in total. The molecule has 0 aliphatic carbocycles. The average Bonchev–Trinajstić information content (AvgIpc) is 1.50. The fourth-order valence-corrected chi connectivity index (χ4v) is 23.9. The summed E-state index contributed by atoms with van der Waals surface area (Å²) < 4.78 is 70.3. The Hall–Kier alpha value is -15.3. The zero-order valence-corrected chi connectivity index (χ0v) is 68.8. The van der Waals surface area contributed by atoms with E-state index >= 15 is 0 Å². The molecule has 22 aromatic carbocycles. The second kappa shape index (κ2) is 28.2. The summed E-state index contributed by atoms with van der Waals surface area (Å²) in [6, 6.07) is 134. The van der Waals surface area contributed by atoms with E-state index in [-0.39, 0.29) is 29.7 Å². The van der Waals surface area contributed by atoms with Gasteiger partial charge in [-0.05, 0) is 197 Å². The molecule has 0 atom stereocenters. The molecule has 0 aliphatic rings. The largest absolute Gasteiger partial charge is 0.456 e. The maximum absolute atomic E-state index is 8.88. The minimum Gasteiger partial charge on any atom is -0.456 e. The lowest BCUT2D eigenvalue weighted by Crippen LogP contribution is -1.91. The Kier molecular flexibility index (Phi) is 14.9. The van der Waals surface area contributed by atoms with Crippen LogP contribution in [0.4, 0.5) is 0 Å². The molecule has 0 fully saturated rings. The van der Waals surface area contributed by atoms with Crippen LogP contribution in [0.2, 0.25) is 0 Å². The summed E-state index contributed by atoms with van der Waals surface area (Å²) in [5.74, 6) is 0. The molecule has 28 aromatic rings. The van der Waals surface area contributed by atoms with Crippen molar-refractivity contribution in [2.45, 2.75) is 0 Å². The Bertz CT molecular complexity index is 9480. The Morgan fingerprint density at radius 3 is 1.00 bits per heavy atom. The Labute approximate surface area is 729 Å². The van der Waals surface area contributed by atoms with Gasteiger partial charge in [-0.2, -0.15) is 0 Å². The van der Waals surface area contributed by atoms with E-state index in [1.54, 1.807) is 11.3 Å². The molecule has 0 saturated heterocycles. The first-order chi connectivity index (χ1) is 63.6. The van der Waals surface area contributed by atoms with Crippen molar-refractivity contribution in [3.05, 3.63) is 412 Å². The number of para-hydroxylation sites is 3. The number of benzene rings is 22. The molecule has 6 heteroatoms. The van der Waals surface area contributed by atoms with Crippen molar-refractivity contribution in [2.24, 2.45) is 0 Å². The van der Waals surface area contributed by atoms with Gasteiger partial charge in [-0.3, -0.25) is 0 Å². The van der Waals surface area contributed by atoms with Gasteiger partial charge in [0.25, 0.3) is 0 Å².